The molecule has 0 atom stereocenters. The molecule has 2 aromatic rings. The smallest absolute Gasteiger partial charge is 0.224 e. The molecule has 1 saturated carbocycles. The van der Waals surface area contributed by atoms with Gasteiger partial charge in [0, 0.05) is 18.5 Å². The van der Waals surface area contributed by atoms with Crippen molar-refractivity contribution in [2.45, 2.75) is 32.3 Å². The molecule has 0 unspecified atom stereocenters. The standard InChI is InChI=1S/C16H19N3O2/c1-2-17-14-9-15(19-16(18-14)12-5-6-12)21-13-7-3-11(10-20)4-8-13/h3-4,7-9,12,20H,2,5-6,10H2,1H3,(H,17,18,19). The molecule has 1 fully saturated rings. The Kier molecular flexibility index (Phi) is 4.01. The quantitative estimate of drug-likeness (QED) is 0.853. The first-order valence-electron chi connectivity index (χ1n) is 7.29. The van der Waals surface area contributed by atoms with E-state index in [9.17, 15) is 0 Å². The molecule has 0 amide bonds. The first-order chi connectivity index (χ1) is 10.3. The van der Waals surface area contributed by atoms with Crippen LogP contribution in [0, 0.1) is 0 Å². The van der Waals surface area contributed by atoms with Gasteiger partial charge in [0.05, 0.1) is 6.61 Å². The Bertz CT molecular complexity index is 609. The third kappa shape index (κ3) is 3.49. The molecule has 1 aromatic carbocycles. The molecule has 0 spiro atoms. The summed E-state index contributed by atoms with van der Waals surface area (Å²) >= 11 is 0. The second kappa shape index (κ2) is 6.10. The van der Waals surface area contributed by atoms with E-state index in [4.69, 9.17) is 9.84 Å². The Morgan fingerprint density at radius 1 is 1.24 bits per heavy atom. The second-order valence-corrected chi connectivity index (χ2v) is 5.16. The maximum absolute atomic E-state index is 9.05. The zero-order chi connectivity index (χ0) is 14.7. The molecule has 1 heterocycles. The van der Waals surface area contributed by atoms with Gasteiger partial charge in [-0.3, -0.25) is 0 Å². The maximum Gasteiger partial charge on any atom is 0.224 e. The van der Waals surface area contributed by atoms with Crippen molar-refractivity contribution in [1.82, 2.24) is 9.97 Å². The van der Waals surface area contributed by atoms with E-state index in [1.54, 1.807) is 0 Å². The SMILES string of the molecule is CCNc1cc(Oc2ccc(CO)cc2)nc(C2CC2)n1. The van der Waals surface area contributed by atoms with Crippen LogP contribution in [0.1, 0.15) is 37.1 Å². The lowest BCUT2D eigenvalue weighted by Crippen LogP contribution is -2.04. The van der Waals surface area contributed by atoms with Gasteiger partial charge in [-0.1, -0.05) is 12.1 Å². The van der Waals surface area contributed by atoms with Crippen LogP contribution < -0.4 is 10.1 Å². The van der Waals surface area contributed by atoms with Gasteiger partial charge in [-0.05, 0) is 37.5 Å². The third-order valence-electron chi connectivity index (χ3n) is 3.35. The molecular formula is C16H19N3O2. The number of nitrogens with zero attached hydrogens (tertiary/aromatic N) is 2. The van der Waals surface area contributed by atoms with Gasteiger partial charge in [-0.25, -0.2) is 4.98 Å². The first-order valence-corrected chi connectivity index (χ1v) is 7.29. The first kappa shape index (κ1) is 13.8. The number of aromatic nitrogens is 2. The van der Waals surface area contributed by atoms with E-state index in [0.29, 0.717) is 17.5 Å². The van der Waals surface area contributed by atoms with Crippen molar-refractivity contribution in [3.63, 3.8) is 0 Å². The van der Waals surface area contributed by atoms with Crippen LogP contribution >= 0.6 is 0 Å². The minimum atomic E-state index is 0.0319. The summed E-state index contributed by atoms with van der Waals surface area (Å²) in [4.78, 5) is 9.01. The Morgan fingerprint density at radius 3 is 2.62 bits per heavy atom. The average molecular weight is 285 g/mol. The number of aliphatic hydroxyl groups is 1. The summed E-state index contributed by atoms with van der Waals surface area (Å²) in [5.41, 5.74) is 0.858. The van der Waals surface area contributed by atoms with E-state index >= 15 is 0 Å². The molecular weight excluding hydrogens is 266 g/mol. The van der Waals surface area contributed by atoms with Crippen molar-refractivity contribution in [3.8, 4) is 11.6 Å². The molecule has 110 valence electrons. The molecule has 0 saturated heterocycles. The molecule has 0 aliphatic heterocycles. The van der Waals surface area contributed by atoms with Gasteiger partial charge in [0.25, 0.3) is 0 Å². The number of rotatable bonds is 6. The molecule has 1 aliphatic carbocycles. The fourth-order valence-electron chi connectivity index (χ4n) is 2.07. The summed E-state index contributed by atoms with van der Waals surface area (Å²) in [7, 11) is 0. The lowest BCUT2D eigenvalue weighted by molar-refractivity contribution is 0.281. The van der Waals surface area contributed by atoms with Crippen molar-refractivity contribution < 1.29 is 9.84 Å². The summed E-state index contributed by atoms with van der Waals surface area (Å²) in [5, 5.41) is 12.3. The van der Waals surface area contributed by atoms with Crippen LogP contribution in [-0.2, 0) is 6.61 Å². The van der Waals surface area contributed by atoms with Gasteiger partial charge in [-0.15, -0.1) is 0 Å². The number of hydrogen-bond donors (Lipinski definition) is 2. The fourth-order valence-corrected chi connectivity index (χ4v) is 2.07. The van der Waals surface area contributed by atoms with Gasteiger partial charge >= 0.3 is 0 Å². The predicted molar refractivity (Wildman–Crippen MR) is 80.6 cm³/mol. The largest absolute Gasteiger partial charge is 0.439 e. The number of ether oxygens (including phenoxy) is 1. The summed E-state index contributed by atoms with van der Waals surface area (Å²) in [6.07, 6.45) is 2.31. The molecule has 1 aliphatic rings. The molecule has 21 heavy (non-hydrogen) atoms. The Hall–Kier alpha value is -2.14. The van der Waals surface area contributed by atoms with Crippen LogP contribution in [0.3, 0.4) is 0 Å². The number of nitrogens with one attached hydrogen (secondary N) is 1. The molecule has 3 rings (SSSR count). The monoisotopic (exact) mass is 285 g/mol. The fraction of sp³-hybridized carbons (Fsp3) is 0.375. The van der Waals surface area contributed by atoms with Crippen molar-refractivity contribution in [1.29, 1.82) is 0 Å². The summed E-state index contributed by atoms with van der Waals surface area (Å²) in [5.74, 6) is 3.39. The van der Waals surface area contributed by atoms with E-state index in [1.807, 2.05) is 37.3 Å². The minimum Gasteiger partial charge on any atom is -0.439 e. The molecule has 5 heteroatoms. The highest BCUT2D eigenvalue weighted by Crippen LogP contribution is 2.39. The highest BCUT2D eigenvalue weighted by molar-refractivity contribution is 5.41. The molecule has 0 radical (unpaired) electrons. The zero-order valence-electron chi connectivity index (χ0n) is 12.0. The number of aliphatic hydroxyl groups excluding tert-OH is 1. The van der Waals surface area contributed by atoms with E-state index in [0.717, 1.165) is 36.6 Å². The zero-order valence-corrected chi connectivity index (χ0v) is 12.0. The molecule has 1 aromatic heterocycles. The summed E-state index contributed by atoms with van der Waals surface area (Å²) in [6.45, 7) is 2.88. The van der Waals surface area contributed by atoms with Crippen LogP contribution in [0.25, 0.3) is 0 Å². The van der Waals surface area contributed by atoms with E-state index in [-0.39, 0.29) is 6.61 Å². The van der Waals surface area contributed by atoms with Gasteiger partial charge in [0.15, 0.2) is 0 Å². The Labute approximate surface area is 124 Å². The second-order valence-electron chi connectivity index (χ2n) is 5.16. The van der Waals surface area contributed by atoms with Crippen LogP contribution in [0.15, 0.2) is 30.3 Å². The van der Waals surface area contributed by atoms with Crippen molar-refractivity contribution in [2.75, 3.05) is 11.9 Å². The van der Waals surface area contributed by atoms with Crippen molar-refractivity contribution in [2.24, 2.45) is 0 Å². The van der Waals surface area contributed by atoms with Gasteiger partial charge < -0.3 is 15.2 Å². The van der Waals surface area contributed by atoms with E-state index in [1.165, 1.54) is 0 Å². The lowest BCUT2D eigenvalue weighted by Gasteiger charge is -2.10. The average Bonchev–Trinajstić information content (AvgIpc) is 3.33. The highest BCUT2D eigenvalue weighted by atomic mass is 16.5. The summed E-state index contributed by atoms with van der Waals surface area (Å²) < 4.78 is 5.81. The highest BCUT2D eigenvalue weighted by Gasteiger charge is 2.27. The Balaban J connectivity index is 1.82. The van der Waals surface area contributed by atoms with Gasteiger partial charge in [0.2, 0.25) is 5.88 Å². The van der Waals surface area contributed by atoms with Gasteiger partial charge in [-0.2, -0.15) is 4.98 Å². The van der Waals surface area contributed by atoms with Crippen LogP contribution in [0.4, 0.5) is 5.82 Å². The van der Waals surface area contributed by atoms with Crippen molar-refractivity contribution in [3.05, 3.63) is 41.7 Å². The van der Waals surface area contributed by atoms with E-state index < -0.39 is 0 Å². The minimum absolute atomic E-state index is 0.0319. The van der Waals surface area contributed by atoms with Crippen LogP contribution in [-0.4, -0.2) is 21.6 Å². The molecule has 0 bridgehead atoms. The molecule has 5 nitrogen and oxygen atoms in total. The number of anilines is 1. The van der Waals surface area contributed by atoms with E-state index in [2.05, 4.69) is 15.3 Å². The van der Waals surface area contributed by atoms with Crippen LogP contribution in [0.5, 0.6) is 11.6 Å². The number of hydrogen-bond acceptors (Lipinski definition) is 5. The summed E-state index contributed by atoms with van der Waals surface area (Å²) in [6, 6.07) is 9.15. The normalized spacial score (nSPS) is 14.0. The van der Waals surface area contributed by atoms with Crippen LogP contribution in [0.2, 0.25) is 0 Å². The Morgan fingerprint density at radius 2 is 2.00 bits per heavy atom. The molecule has 2 N–H and O–H groups in total. The third-order valence-corrected chi connectivity index (χ3v) is 3.35. The lowest BCUT2D eigenvalue weighted by atomic mass is 10.2. The predicted octanol–water partition coefficient (Wildman–Crippen LogP) is 3.07. The van der Waals surface area contributed by atoms with Crippen molar-refractivity contribution >= 4 is 5.82 Å². The number of benzene rings is 1. The maximum atomic E-state index is 9.05. The van der Waals surface area contributed by atoms with Gasteiger partial charge in [0.1, 0.15) is 17.4 Å². The topological polar surface area (TPSA) is 67.3 Å².